The number of hydrogen-bond donors (Lipinski definition) is 2. The topological polar surface area (TPSA) is 41.1 Å². The van der Waals surface area contributed by atoms with E-state index in [-0.39, 0.29) is 41.8 Å². The van der Waals surface area contributed by atoms with Gasteiger partial charge >= 0.3 is 0 Å². The maximum Gasteiger partial charge on any atom is 0.224 e. The molecule has 6 heteroatoms. The zero-order valence-corrected chi connectivity index (χ0v) is 13.3. The molecular formula is C16H21ClF2N2O. The van der Waals surface area contributed by atoms with Crippen LogP contribution in [0.4, 0.5) is 8.78 Å². The van der Waals surface area contributed by atoms with Crippen LogP contribution < -0.4 is 10.6 Å². The van der Waals surface area contributed by atoms with Gasteiger partial charge in [-0.2, -0.15) is 0 Å². The van der Waals surface area contributed by atoms with Crippen molar-refractivity contribution < 1.29 is 13.6 Å². The smallest absolute Gasteiger partial charge is 0.224 e. The summed E-state index contributed by atoms with van der Waals surface area (Å²) in [7, 11) is 0. The first-order chi connectivity index (χ1) is 10.1. The van der Waals surface area contributed by atoms with E-state index in [0.717, 1.165) is 19.5 Å². The van der Waals surface area contributed by atoms with Gasteiger partial charge in [0.2, 0.25) is 5.91 Å². The van der Waals surface area contributed by atoms with Crippen molar-refractivity contribution in [2.24, 2.45) is 11.8 Å². The Labute approximate surface area is 135 Å². The summed E-state index contributed by atoms with van der Waals surface area (Å²) in [5.74, 6) is -1.38. The van der Waals surface area contributed by atoms with Crippen molar-refractivity contribution in [2.75, 3.05) is 13.1 Å². The van der Waals surface area contributed by atoms with Crippen LogP contribution in [0.15, 0.2) is 18.2 Å². The molecule has 22 heavy (non-hydrogen) atoms. The largest absolute Gasteiger partial charge is 0.352 e. The van der Waals surface area contributed by atoms with Gasteiger partial charge in [0.15, 0.2) is 0 Å². The highest BCUT2D eigenvalue weighted by molar-refractivity contribution is 5.85. The van der Waals surface area contributed by atoms with Gasteiger partial charge in [-0.05, 0) is 37.4 Å². The van der Waals surface area contributed by atoms with Crippen LogP contribution in [0.1, 0.15) is 31.2 Å². The lowest BCUT2D eigenvalue weighted by Gasteiger charge is -2.30. The first-order valence-electron chi connectivity index (χ1n) is 7.53. The summed E-state index contributed by atoms with van der Waals surface area (Å²) in [5.41, 5.74) is 0.0625. The lowest BCUT2D eigenvalue weighted by atomic mass is 9.94. The molecule has 1 aliphatic carbocycles. The summed E-state index contributed by atoms with van der Waals surface area (Å²) in [5, 5.41) is 6.28. The molecule has 1 aromatic carbocycles. The molecule has 0 radical (unpaired) electrons. The second kappa shape index (κ2) is 6.92. The zero-order chi connectivity index (χ0) is 15.0. The van der Waals surface area contributed by atoms with Gasteiger partial charge in [-0.25, -0.2) is 8.78 Å². The van der Waals surface area contributed by atoms with Gasteiger partial charge in [-0.15, -0.1) is 12.4 Å². The molecule has 3 rings (SSSR count). The van der Waals surface area contributed by atoms with E-state index in [1.54, 1.807) is 0 Å². The van der Waals surface area contributed by atoms with E-state index >= 15 is 0 Å². The molecule has 2 N–H and O–H groups in total. The molecule has 0 spiro atoms. The van der Waals surface area contributed by atoms with Gasteiger partial charge < -0.3 is 10.6 Å². The third-order valence-corrected chi connectivity index (χ3v) is 4.65. The normalized spacial score (nSPS) is 30.3. The summed E-state index contributed by atoms with van der Waals surface area (Å²) in [4.78, 5) is 12.2. The molecule has 1 saturated carbocycles. The van der Waals surface area contributed by atoms with Gasteiger partial charge in [-0.3, -0.25) is 4.79 Å². The fraction of sp³-hybridized carbons (Fsp3) is 0.562. The number of benzene rings is 1. The lowest BCUT2D eigenvalue weighted by Crippen LogP contribution is -2.50. The Hall–Kier alpha value is -1.20. The van der Waals surface area contributed by atoms with Crippen molar-refractivity contribution in [3.8, 4) is 0 Å². The Morgan fingerprint density at radius 3 is 2.64 bits per heavy atom. The molecule has 4 unspecified atom stereocenters. The highest BCUT2D eigenvalue weighted by Gasteiger charge is 2.47. The minimum Gasteiger partial charge on any atom is -0.352 e. The van der Waals surface area contributed by atoms with E-state index in [2.05, 4.69) is 17.6 Å². The van der Waals surface area contributed by atoms with Gasteiger partial charge in [0.1, 0.15) is 11.6 Å². The number of rotatable bonds is 3. The monoisotopic (exact) mass is 330 g/mol. The molecule has 1 amide bonds. The molecule has 4 atom stereocenters. The van der Waals surface area contributed by atoms with E-state index in [1.165, 1.54) is 18.2 Å². The first kappa shape index (κ1) is 17.2. The lowest BCUT2D eigenvalue weighted by molar-refractivity contribution is -0.123. The number of piperidine rings is 1. The molecular weight excluding hydrogens is 310 g/mol. The van der Waals surface area contributed by atoms with Crippen LogP contribution >= 0.6 is 12.4 Å². The SMILES string of the molecule is CC1CCNCC1NC(=O)C1CC1c1c(F)cccc1F.Cl. The standard InChI is InChI=1S/C16H20F2N2O.ClH/c1-9-5-6-19-8-14(9)20-16(21)11-7-10(11)15-12(17)3-2-4-13(15)18;/h2-4,9-11,14,19H,5-8H2,1H3,(H,20,21);1H. The third kappa shape index (κ3) is 3.41. The van der Waals surface area contributed by atoms with Crippen molar-refractivity contribution in [3.05, 3.63) is 35.4 Å². The van der Waals surface area contributed by atoms with Crippen LogP contribution in [0.2, 0.25) is 0 Å². The second-order valence-corrected chi connectivity index (χ2v) is 6.17. The fourth-order valence-electron chi connectivity index (χ4n) is 3.14. The van der Waals surface area contributed by atoms with Gasteiger partial charge in [0.05, 0.1) is 0 Å². The fourth-order valence-corrected chi connectivity index (χ4v) is 3.14. The van der Waals surface area contributed by atoms with E-state index in [1.807, 2.05) is 0 Å². The number of hydrogen-bond acceptors (Lipinski definition) is 2. The Morgan fingerprint density at radius 2 is 2.00 bits per heavy atom. The molecule has 2 aliphatic rings. The maximum atomic E-state index is 13.7. The summed E-state index contributed by atoms with van der Waals surface area (Å²) < 4.78 is 27.4. The minimum absolute atomic E-state index is 0. The predicted octanol–water partition coefficient (Wildman–Crippen LogP) is 2.60. The molecule has 1 aliphatic heterocycles. The zero-order valence-electron chi connectivity index (χ0n) is 12.4. The summed E-state index contributed by atoms with van der Waals surface area (Å²) in [6, 6.07) is 3.96. The van der Waals surface area contributed by atoms with E-state index in [0.29, 0.717) is 12.3 Å². The van der Waals surface area contributed by atoms with Crippen molar-refractivity contribution in [1.29, 1.82) is 0 Å². The van der Waals surface area contributed by atoms with Crippen LogP contribution in [0.3, 0.4) is 0 Å². The Morgan fingerprint density at radius 1 is 1.32 bits per heavy atom. The number of carbonyl (C=O) groups excluding carboxylic acids is 1. The summed E-state index contributed by atoms with van der Waals surface area (Å²) in [6.07, 6.45) is 1.55. The highest BCUT2D eigenvalue weighted by Crippen LogP contribution is 2.49. The molecule has 1 aromatic rings. The molecule has 122 valence electrons. The predicted molar refractivity (Wildman–Crippen MR) is 83.0 cm³/mol. The van der Waals surface area contributed by atoms with Crippen LogP contribution in [-0.2, 0) is 4.79 Å². The Balaban J connectivity index is 0.00000176. The maximum absolute atomic E-state index is 13.7. The molecule has 1 saturated heterocycles. The second-order valence-electron chi connectivity index (χ2n) is 6.17. The first-order valence-corrected chi connectivity index (χ1v) is 7.53. The Kier molecular flexibility index (Phi) is 5.40. The van der Waals surface area contributed by atoms with Crippen molar-refractivity contribution in [2.45, 2.75) is 31.7 Å². The number of nitrogens with one attached hydrogen (secondary N) is 2. The third-order valence-electron chi connectivity index (χ3n) is 4.65. The van der Waals surface area contributed by atoms with Crippen molar-refractivity contribution in [3.63, 3.8) is 0 Å². The quantitative estimate of drug-likeness (QED) is 0.894. The van der Waals surface area contributed by atoms with Crippen LogP contribution in [0.5, 0.6) is 0 Å². The molecule has 2 fully saturated rings. The molecule has 0 bridgehead atoms. The molecule has 3 nitrogen and oxygen atoms in total. The highest BCUT2D eigenvalue weighted by atomic mass is 35.5. The van der Waals surface area contributed by atoms with E-state index in [9.17, 15) is 13.6 Å². The van der Waals surface area contributed by atoms with Crippen LogP contribution in [-0.4, -0.2) is 25.0 Å². The molecule has 1 heterocycles. The average molecular weight is 331 g/mol. The van der Waals surface area contributed by atoms with Crippen molar-refractivity contribution >= 4 is 18.3 Å². The van der Waals surface area contributed by atoms with Gasteiger partial charge in [0, 0.05) is 30.0 Å². The van der Waals surface area contributed by atoms with Crippen molar-refractivity contribution in [1.82, 2.24) is 10.6 Å². The van der Waals surface area contributed by atoms with Gasteiger partial charge in [0.25, 0.3) is 0 Å². The number of carbonyl (C=O) groups is 1. The minimum atomic E-state index is -0.553. The van der Waals surface area contributed by atoms with E-state index in [4.69, 9.17) is 0 Å². The van der Waals surface area contributed by atoms with Gasteiger partial charge in [-0.1, -0.05) is 13.0 Å². The molecule has 0 aromatic heterocycles. The van der Waals surface area contributed by atoms with Crippen LogP contribution in [0.25, 0.3) is 0 Å². The average Bonchev–Trinajstić information content (AvgIpc) is 3.21. The van der Waals surface area contributed by atoms with Crippen LogP contribution in [0, 0.1) is 23.5 Å². The summed E-state index contributed by atoms with van der Waals surface area (Å²) >= 11 is 0. The number of halogens is 3. The Bertz CT molecular complexity index is 535. The number of amides is 1. The van der Waals surface area contributed by atoms with E-state index < -0.39 is 11.6 Å². The summed E-state index contributed by atoms with van der Waals surface area (Å²) in [6.45, 7) is 3.85.